The number of rotatable bonds is 4. The molecule has 5 nitrogen and oxygen atoms in total. The highest BCUT2D eigenvalue weighted by atomic mass is 16.5. The molecule has 0 aliphatic rings. The van der Waals surface area contributed by atoms with Crippen LogP contribution in [-0.2, 0) is 0 Å². The van der Waals surface area contributed by atoms with E-state index >= 15 is 0 Å². The summed E-state index contributed by atoms with van der Waals surface area (Å²) >= 11 is 0. The van der Waals surface area contributed by atoms with E-state index in [0.717, 1.165) is 11.3 Å². The Morgan fingerprint density at radius 2 is 1.95 bits per heavy atom. The third-order valence-corrected chi connectivity index (χ3v) is 2.73. The third kappa shape index (κ3) is 3.41. The van der Waals surface area contributed by atoms with E-state index in [2.05, 4.69) is 15.5 Å². The van der Waals surface area contributed by atoms with Crippen LogP contribution in [0, 0.1) is 0 Å². The first kappa shape index (κ1) is 13.7. The molecule has 1 amide bonds. The van der Waals surface area contributed by atoms with Crippen LogP contribution in [-0.4, -0.2) is 23.7 Å². The van der Waals surface area contributed by atoms with Gasteiger partial charge in [-0.2, -0.15) is 5.10 Å². The summed E-state index contributed by atoms with van der Waals surface area (Å²) in [7, 11) is 1.61. The lowest BCUT2D eigenvalue weighted by atomic mass is 10.1. The van der Waals surface area contributed by atoms with E-state index in [-0.39, 0.29) is 5.91 Å². The van der Waals surface area contributed by atoms with Crippen molar-refractivity contribution in [2.24, 2.45) is 5.10 Å². The second kappa shape index (κ2) is 6.47. The van der Waals surface area contributed by atoms with E-state index in [9.17, 15) is 4.79 Å². The van der Waals surface area contributed by atoms with Gasteiger partial charge in [-0.3, -0.25) is 9.78 Å². The van der Waals surface area contributed by atoms with Gasteiger partial charge in [0.15, 0.2) is 0 Å². The van der Waals surface area contributed by atoms with Crippen LogP contribution in [0.25, 0.3) is 0 Å². The maximum atomic E-state index is 11.8. The number of hydrazone groups is 1. The summed E-state index contributed by atoms with van der Waals surface area (Å²) in [6, 6.07) is 12.6. The van der Waals surface area contributed by atoms with Crippen LogP contribution in [0.15, 0.2) is 53.8 Å². The molecule has 1 aromatic carbocycles. The molecular weight excluding hydrogens is 254 g/mol. The van der Waals surface area contributed by atoms with Crippen molar-refractivity contribution in [3.8, 4) is 5.75 Å². The zero-order chi connectivity index (χ0) is 14.4. The van der Waals surface area contributed by atoms with Gasteiger partial charge in [-0.05, 0) is 48.9 Å². The van der Waals surface area contributed by atoms with E-state index in [0.29, 0.717) is 11.4 Å². The summed E-state index contributed by atoms with van der Waals surface area (Å²) in [5.41, 5.74) is 4.43. The summed E-state index contributed by atoms with van der Waals surface area (Å²) in [6.45, 7) is 1.82. The summed E-state index contributed by atoms with van der Waals surface area (Å²) in [4.78, 5) is 15.7. The SMILES string of the molecule is COc1ccc(/C(C)=N/NC(=O)c2ccccn2)cc1. The molecule has 1 heterocycles. The van der Waals surface area contributed by atoms with Crippen molar-refractivity contribution in [3.05, 3.63) is 59.9 Å². The molecule has 1 aromatic heterocycles. The topological polar surface area (TPSA) is 63.6 Å². The lowest BCUT2D eigenvalue weighted by Crippen LogP contribution is -2.20. The Morgan fingerprint density at radius 1 is 1.20 bits per heavy atom. The van der Waals surface area contributed by atoms with Crippen LogP contribution < -0.4 is 10.2 Å². The van der Waals surface area contributed by atoms with Gasteiger partial charge in [0.25, 0.3) is 5.91 Å². The van der Waals surface area contributed by atoms with Crippen molar-refractivity contribution in [1.82, 2.24) is 10.4 Å². The van der Waals surface area contributed by atoms with Gasteiger partial charge in [-0.1, -0.05) is 6.07 Å². The molecule has 0 bridgehead atoms. The third-order valence-electron chi connectivity index (χ3n) is 2.73. The largest absolute Gasteiger partial charge is 0.497 e. The van der Waals surface area contributed by atoms with Crippen molar-refractivity contribution < 1.29 is 9.53 Å². The quantitative estimate of drug-likeness (QED) is 0.684. The van der Waals surface area contributed by atoms with Crippen LogP contribution in [0.1, 0.15) is 23.0 Å². The summed E-state index contributed by atoms with van der Waals surface area (Å²) in [6.07, 6.45) is 1.56. The van der Waals surface area contributed by atoms with Gasteiger partial charge in [0.1, 0.15) is 11.4 Å². The van der Waals surface area contributed by atoms with Gasteiger partial charge < -0.3 is 4.74 Å². The highest BCUT2D eigenvalue weighted by Gasteiger charge is 2.05. The number of pyridine rings is 1. The zero-order valence-electron chi connectivity index (χ0n) is 11.3. The minimum absolute atomic E-state index is 0.332. The summed E-state index contributed by atoms with van der Waals surface area (Å²) in [5.74, 6) is 0.442. The molecule has 5 heteroatoms. The van der Waals surface area contributed by atoms with E-state index in [4.69, 9.17) is 4.74 Å². The molecule has 102 valence electrons. The summed E-state index contributed by atoms with van der Waals surface area (Å²) < 4.78 is 5.09. The van der Waals surface area contributed by atoms with Crippen molar-refractivity contribution in [3.63, 3.8) is 0 Å². The predicted octanol–water partition coefficient (Wildman–Crippen LogP) is 2.24. The fourth-order valence-corrected chi connectivity index (χ4v) is 1.59. The van der Waals surface area contributed by atoms with Gasteiger partial charge in [0.2, 0.25) is 0 Å². The first-order valence-corrected chi connectivity index (χ1v) is 6.11. The van der Waals surface area contributed by atoms with Gasteiger partial charge in [0.05, 0.1) is 12.8 Å². The number of carbonyl (C=O) groups excluding carboxylic acids is 1. The Bertz CT molecular complexity index is 607. The normalized spacial score (nSPS) is 11.0. The molecule has 0 spiro atoms. The molecule has 2 rings (SSSR count). The predicted molar refractivity (Wildman–Crippen MR) is 76.9 cm³/mol. The highest BCUT2D eigenvalue weighted by Crippen LogP contribution is 2.11. The molecule has 0 fully saturated rings. The van der Waals surface area contributed by atoms with Crippen LogP contribution in [0.3, 0.4) is 0 Å². The maximum absolute atomic E-state index is 11.8. The van der Waals surface area contributed by atoms with Crippen LogP contribution in [0.4, 0.5) is 0 Å². The lowest BCUT2D eigenvalue weighted by molar-refractivity contribution is 0.0950. The zero-order valence-corrected chi connectivity index (χ0v) is 11.3. The van der Waals surface area contributed by atoms with E-state index < -0.39 is 0 Å². The van der Waals surface area contributed by atoms with Gasteiger partial charge >= 0.3 is 0 Å². The smallest absolute Gasteiger partial charge is 0.289 e. The number of hydrogen-bond acceptors (Lipinski definition) is 4. The number of aromatic nitrogens is 1. The maximum Gasteiger partial charge on any atom is 0.289 e. The Kier molecular flexibility index (Phi) is 4.44. The molecule has 0 saturated heterocycles. The number of carbonyl (C=O) groups is 1. The first-order chi connectivity index (χ1) is 9.70. The molecule has 0 radical (unpaired) electrons. The van der Waals surface area contributed by atoms with Crippen molar-refractivity contribution in [1.29, 1.82) is 0 Å². The first-order valence-electron chi connectivity index (χ1n) is 6.11. The number of methoxy groups -OCH3 is 1. The Morgan fingerprint density at radius 3 is 2.55 bits per heavy atom. The standard InChI is InChI=1S/C15H15N3O2/c1-11(12-6-8-13(20-2)9-7-12)17-18-15(19)14-5-3-4-10-16-14/h3-10H,1-2H3,(H,18,19)/b17-11+. The monoisotopic (exact) mass is 269 g/mol. The average Bonchev–Trinajstić information content (AvgIpc) is 2.53. The second-order valence-electron chi connectivity index (χ2n) is 4.08. The minimum atomic E-state index is -0.335. The minimum Gasteiger partial charge on any atom is -0.497 e. The number of benzene rings is 1. The number of ether oxygens (including phenoxy) is 1. The van der Waals surface area contributed by atoms with Crippen LogP contribution in [0.5, 0.6) is 5.75 Å². The highest BCUT2D eigenvalue weighted by molar-refractivity contribution is 6.00. The van der Waals surface area contributed by atoms with Gasteiger partial charge in [0, 0.05) is 6.20 Å². The number of nitrogens with zero attached hydrogens (tertiary/aromatic N) is 2. The molecular formula is C15H15N3O2. The number of nitrogens with one attached hydrogen (secondary N) is 1. The lowest BCUT2D eigenvalue weighted by Gasteiger charge is -2.04. The molecule has 20 heavy (non-hydrogen) atoms. The molecule has 0 aliphatic carbocycles. The molecule has 0 saturated carbocycles. The van der Waals surface area contributed by atoms with Crippen LogP contribution >= 0.6 is 0 Å². The van der Waals surface area contributed by atoms with Gasteiger partial charge in [-0.25, -0.2) is 5.43 Å². The van der Waals surface area contributed by atoms with E-state index in [1.807, 2.05) is 31.2 Å². The number of hydrogen-bond donors (Lipinski definition) is 1. The average molecular weight is 269 g/mol. The molecule has 0 unspecified atom stereocenters. The van der Waals surface area contributed by atoms with Crippen molar-refractivity contribution in [2.45, 2.75) is 6.92 Å². The van der Waals surface area contributed by atoms with Crippen molar-refractivity contribution >= 4 is 11.6 Å². The van der Waals surface area contributed by atoms with E-state index in [1.54, 1.807) is 31.5 Å². The fourth-order valence-electron chi connectivity index (χ4n) is 1.59. The molecule has 1 N–H and O–H groups in total. The molecule has 0 aliphatic heterocycles. The van der Waals surface area contributed by atoms with Crippen LogP contribution in [0.2, 0.25) is 0 Å². The molecule has 2 aromatic rings. The second-order valence-corrected chi connectivity index (χ2v) is 4.08. The Labute approximate surface area is 117 Å². The Balaban J connectivity index is 2.05. The fraction of sp³-hybridized carbons (Fsp3) is 0.133. The van der Waals surface area contributed by atoms with E-state index in [1.165, 1.54) is 0 Å². The summed E-state index contributed by atoms with van der Waals surface area (Å²) in [5, 5.41) is 4.06. The Hall–Kier alpha value is -2.69. The molecule has 0 atom stereocenters. The van der Waals surface area contributed by atoms with Gasteiger partial charge in [-0.15, -0.1) is 0 Å². The van der Waals surface area contributed by atoms with Crippen molar-refractivity contribution in [2.75, 3.05) is 7.11 Å². The number of amides is 1.